The van der Waals surface area contributed by atoms with Crippen LogP contribution in [-0.4, -0.2) is 17.7 Å². The van der Waals surface area contributed by atoms with Gasteiger partial charge >= 0.3 is 5.97 Å². The van der Waals surface area contributed by atoms with Crippen molar-refractivity contribution in [2.75, 3.05) is 6.61 Å². The van der Waals surface area contributed by atoms with Gasteiger partial charge in [-0.2, -0.15) is 0 Å². The molecule has 1 aromatic rings. The molecule has 1 aromatic carbocycles. The Hall–Kier alpha value is -1.35. The molecule has 1 rings (SSSR count). The van der Waals surface area contributed by atoms with Crippen molar-refractivity contribution in [2.45, 2.75) is 67.4 Å². The normalized spacial score (nSPS) is 10.2. The molecule has 0 spiro atoms. The van der Waals surface area contributed by atoms with Crippen molar-refractivity contribution >= 4 is 5.97 Å². The van der Waals surface area contributed by atoms with Crippen molar-refractivity contribution in [1.29, 1.82) is 0 Å². The Morgan fingerprint density at radius 1 is 1.09 bits per heavy atom. The second kappa shape index (κ2) is 12.2. The molecule has 0 aliphatic heterocycles. The predicted molar refractivity (Wildman–Crippen MR) is 94.3 cm³/mol. The fraction of sp³-hybridized carbons (Fsp3) is 0.632. The highest BCUT2D eigenvalue weighted by Crippen LogP contribution is 2.22. The summed E-state index contributed by atoms with van der Waals surface area (Å²) in [6.45, 7) is 17.1. The Balaban J connectivity index is 0. The molecule has 0 atom stereocenters. The second-order valence-corrected chi connectivity index (χ2v) is 6.57. The van der Waals surface area contributed by atoms with E-state index >= 15 is 0 Å². The summed E-state index contributed by atoms with van der Waals surface area (Å²) in [6.07, 6.45) is 0. The summed E-state index contributed by atoms with van der Waals surface area (Å²) in [5.41, 5.74) is 2.39. The molecule has 22 heavy (non-hydrogen) atoms. The number of benzene rings is 1. The summed E-state index contributed by atoms with van der Waals surface area (Å²) < 4.78 is 5.01. The van der Waals surface area contributed by atoms with Crippen LogP contribution in [0, 0.1) is 5.92 Å². The third-order valence-corrected chi connectivity index (χ3v) is 2.31. The lowest BCUT2D eigenvalue weighted by Crippen LogP contribution is -2.11. The predicted octanol–water partition coefficient (Wildman–Crippen LogP) is 5.27. The smallest absolute Gasteiger partial charge is 0.329 e. The Labute approximate surface area is 136 Å². The zero-order chi connectivity index (χ0) is 17.8. The molecule has 0 saturated carbocycles. The van der Waals surface area contributed by atoms with Crippen molar-refractivity contribution in [2.24, 2.45) is 5.92 Å². The number of carboxylic acids is 1. The number of ether oxygens (including phenoxy) is 1. The van der Waals surface area contributed by atoms with Crippen LogP contribution in [-0.2, 0) is 21.6 Å². The minimum absolute atomic E-state index is 0.139. The van der Waals surface area contributed by atoms with Crippen molar-refractivity contribution in [3.8, 4) is 0 Å². The van der Waals surface area contributed by atoms with E-state index < -0.39 is 5.97 Å². The lowest BCUT2D eigenvalue weighted by molar-refractivity contribution is -0.142. The van der Waals surface area contributed by atoms with Crippen molar-refractivity contribution in [1.82, 2.24) is 0 Å². The zero-order valence-corrected chi connectivity index (χ0v) is 15.6. The lowest BCUT2D eigenvalue weighted by Gasteiger charge is -2.19. The molecule has 0 heterocycles. The first-order valence-corrected chi connectivity index (χ1v) is 8.02. The summed E-state index contributed by atoms with van der Waals surface area (Å²) in [7, 11) is 0. The Morgan fingerprint density at radius 3 is 1.82 bits per heavy atom. The molecular formula is C19H34O3. The molecular weight excluding hydrogens is 276 g/mol. The molecule has 0 aliphatic carbocycles. The van der Waals surface area contributed by atoms with Gasteiger partial charge in [0, 0.05) is 0 Å². The summed E-state index contributed by atoms with van der Waals surface area (Å²) in [6, 6.07) is 8.06. The molecule has 0 fully saturated rings. The van der Waals surface area contributed by atoms with Crippen LogP contribution in [0.15, 0.2) is 24.3 Å². The second-order valence-electron chi connectivity index (χ2n) is 6.57. The summed E-state index contributed by atoms with van der Waals surface area (Å²) in [4.78, 5) is 10.3. The highest BCUT2D eigenvalue weighted by Gasteiger charge is 2.12. The summed E-state index contributed by atoms with van der Waals surface area (Å²) in [5, 5.41) is 8.42. The fourth-order valence-corrected chi connectivity index (χ4v) is 1.36. The molecule has 0 amide bonds. The topological polar surface area (TPSA) is 46.5 Å². The number of rotatable bonds is 4. The SMILES string of the molecule is CC.CC(C)(C)c1ccc(COCC(=O)O)cc1.CC(C)C. The van der Waals surface area contributed by atoms with Gasteiger partial charge < -0.3 is 9.84 Å². The van der Waals surface area contributed by atoms with E-state index in [4.69, 9.17) is 9.84 Å². The van der Waals surface area contributed by atoms with E-state index in [1.807, 2.05) is 26.0 Å². The van der Waals surface area contributed by atoms with E-state index in [1.54, 1.807) is 0 Å². The van der Waals surface area contributed by atoms with Gasteiger partial charge in [0.2, 0.25) is 0 Å². The van der Waals surface area contributed by atoms with E-state index in [1.165, 1.54) is 5.56 Å². The number of carbonyl (C=O) groups is 1. The van der Waals surface area contributed by atoms with Crippen LogP contribution in [0.1, 0.15) is 66.5 Å². The minimum Gasteiger partial charge on any atom is -0.480 e. The fourth-order valence-electron chi connectivity index (χ4n) is 1.36. The number of aliphatic carboxylic acids is 1. The van der Waals surface area contributed by atoms with Crippen LogP contribution in [0.5, 0.6) is 0 Å². The third-order valence-electron chi connectivity index (χ3n) is 2.31. The van der Waals surface area contributed by atoms with Gasteiger partial charge in [0.1, 0.15) is 6.61 Å². The van der Waals surface area contributed by atoms with E-state index in [0.717, 1.165) is 11.5 Å². The van der Waals surface area contributed by atoms with Crippen molar-refractivity contribution < 1.29 is 14.6 Å². The molecule has 0 bridgehead atoms. The quantitative estimate of drug-likeness (QED) is 0.823. The van der Waals surface area contributed by atoms with E-state index in [9.17, 15) is 4.79 Å². The zero-order valence-electron chi connectivity index (χ0n) is 15.6. The van der Waals surface area contributed by atoms with Gasteiger partial charge in [-0.15, -0.1) is 0 Å². The monoisotopic (exact) mass is 310 g/mol. The van der Waals surface area contributed by atoms with Gasteiger partial charge in [-0.3, -0.25) is 0 Å². The first kappa shape index (κ1) is 22.9. The Bertz CT molecular complexity index is 383. The number of carboxylic acid groups (broad SMARTS) is 1. The van der Waals surface area contributed by atoms with Crippen LogP contribution < -0.4 is 0 Å². The Kier molecular flexibility index (Phi) is 12.7. The van der Waals surface area contributed by atoms with Crippen molar-refractivity contribution in [3.05, 3.63) is 35.4 Å². The van der Waals surface area contributed by atoms with Crippen LogP contribution in [0.25, 0.3) is 0 Å². The van der Waals surface area contributed by atoms with Crippen molar-refractivity contribution in [3.63, 3.8) is 0 Å². The maximum Gasteiger partial charge on any atom is 0.329 e. The van der Waals surface area contributed by atoms with E-state index in [-0.39, 0.29) is 12.0 Å². The largest absolute Gasteiger partial charge is 0.480 e. The van der Waals surface area contributed by atoms with Crippen LogP contribution in [0.2, 0.25) is 0 Å². The average molecular weight is 310 g/mol. The average Bonchev–Trinajstić information content (AvgIpc) is 2.39. The van der Waals surface area contributed by atoms with E-state index in [2.05, 4.69) is 53.7 Å². The van der Waals surface area contributed by atoms with Gasteiger partial charge in [-0.25, -0.2) is 4.79 Å². The summed E-state index contributed by atoms with van der Waals surface area (Å²) >= 11 is 0. The highest BCUT2D eigenvalue weighted by atomic mass is 16.5. The van der Waals surface area contributed by atoms with Gasteiger partial charge in [-0.05, 0) is 22.5 Å². The number of hydrogen-bond acceptors (Lipinski definition) is 2. The van der Waals surface area contributed by atoms with Gasteiger partial charge in [0.05, 0.1) is 6.61 Å². The van der Waals surface area contributed by atoms with E-state index in [0.29, 0.717) is 6.61 Å². The maximum absolute atomic E-state index is 10.3. The molecule has 3 nitrogen and oxygen atoms in total. The molecule has 128 valence electrons. The standard InChI is InChI=1S/C13H18O3.C4H10.C2H6/c1-13(2,3)11-6-4-10(5-7-11)8-16-9-12(14)15;1-4(2)3;1-2/h4-7H,8-9H2,1-3H3,(H,14,15);4H,1-3H3;1-2H3. The van der Waals surface area contributed by atoms with Crippen LogP contribution in [0.4, 0.5) is 0 Å². The molecule has 0 saturated heterocycles. The molecule has 0 unspecified atom stereocenters. The molecule has 0 radical (unpaired) electrons. The first-order chi connectivity index (χ1) is 10.1. The van der Waals surface area contributed by atoms with Gasteiger partial charge in [0.25, 0.3) is 0 Å². The molecule has 0 aromatic heterocycles. The Morgan fingerprint density at radius 2 is 1.50 bits per heavy atom. The van der Waals surface area contributed by atoms with Crippen LogP contribution >= 0.6 is 0 Å². The summed E-state index contributed by atoms with van der Waals surface area (Å²) in [5.74, 6) is -0.105. The maximum atomic E-state index is 10.3. The first-order valence-electron chi connectivity index (χ1n) is 8.02. The minimum atomic E-state index is -0.939. The highest BCUT2D eigenvalue weighted by molar-refractivity contribution is 5.67. The third kappa shape index (κ3) is 13.6. The molecule has 0 aliphatic rings. The van der Waals surface area contributed by atoms with Gasteiger partial charge in [-0.1, -0.05) is 79.7 Å². The number of hydrogen-bond donors (Lipinski definition) is 1. The van der Waals surface area contributed by atoms with Gasteiger partial charge in [0.15, 0.2) is 0 Å². The molecule has 3 heteroatoms. The van der Waals surface area contributed by atoms with Crippen LogP contribution in [0.3, 0.4) is 0 Å². The molecule has 1 N–H and O–H groups in total. The lowest BCUT2D eigenvalue weighted by atomic mass is 9.87.